The maximum Gasteiger partial charge on any atom is 0.263 e. The molecule has 3 aromatic carbocycles. The van der Waals surface area contributed by atoms with Crippen molar-refractivity contribution < 1.29 is 8.94 Å². The van der Waals surface area contributed by atoms with Crippen LogP contribution in [0.5, 0.6) is 0 Å². The molecule has 0 bridgehead atoms. The molecular weight excluding hydrogens is 350 g/mol. The van der Waals surface area contributed by atoms with Crippen molar-refractivity contribution in [2.24, 2.45) is 4.99 Å². The molecule has 0 amide bonds. The van der Waals surface area contributed by atoms with Crippen LogP contribution in [0.2, 0.25) is 0 Å². The lowest BCUT2D eigenvalue weighted by Gasteiger charge is -2.01. The average Bonchev–Trinajstić information content (AvgIpc) is 3.25. The molecule has 5 heteroatoms. The summed E-state index contributed by atoms with van der Waals surface area (Å²) in [6.07, 6.45) is 0. The van der Waals surface area contributed by atoms with Gasteiger partial charge in [-0.25, -0.2) is 4.99 Å². The summed E-state index contributed by atoms with van der Waals surface area (Å²) in [6.45, 7) is 0. The molecule has 5 rings (SSSR count). The Kier molecular flexibility index (Phi) is 4.03. The lowest BCUT2D eigenvalue weighted by Crippen LogP contribution is -2.05. The number of nitrogens with zero attached hydrogens (tertiary/aromatic N) is 3. The Bertz CT molecular complexity index is 1310. The van der Waals surface area contributed by atoms with Gasteiger partial charge in [0.15, 0.2) is 0 Å². The monoisotopic (exact) mass is 365 g/mol. The van der Waals surface area contributed by atoms with Gasteiger partial charge in [-0.1, -0.05) is 71.9 Å². The number of hydrogen-bond acceptors (Lipinski definition) is 5. The maximum atomic E-state index is 6.07. The van der Waals surface area contributed by atoms with Crippen LogP contribution in [0, 0.1) is 0 Å². The van der Waals surface area contributed by atoms with Crippen LogP contribution in [0.1, 0.15) is 0 Å². The van der Waals surface area contributed by atoms with Crippen molar-refractivity contribution in [1.82, 2.24) is 10.1 Å². The zero-order valence-electron chi connectivity index (χ0n) is 14.8. The number of benzene rings is 3. The predicted octanol–water partition coefficient (Wildman–Crippen LogP) is 5.38. The van der Waals surface area contributed by atoms with Gasteiger partial charge < -0.3 is 8.94 Å². The van der Waals surface area contributed by atoms with E-state index in [0.29, 0.717) is 22.8 Å². The van der Waals surface area contributed by atoms with Crippen LogP contribution in [0.25, 0.3) is 33.8 Å². The van der Waals surface area contributed by atoms with Gasteiger partial charge in [-0.15, -0.1) is 0 Å². The molecule has 0 spiro atoms. The van der Waals surface area contributed by atoms with Crippen LogP contribution in [0.15, 0.2) is 105 Å². The molecule has 2 aromatic heterocycles. The first kappa shape index (κ1) is 16.2. The molecule has 5 nitrogen and oxygen atoms in total. The van der Waals surface area contributed by atoms with E-state index in [1.165, 1.54) is 0 Å². The van der Waals surface area contributed by atoms with E-state index in [4.69, 9.17) is 8.94 Å². The van der Waals surface area contributed by atoms with Crippen LogP contribution in [-0.2, 0) is 0 Å². The highest BCUT2D eigenvalue weighted by Gasteiger charge is 2.15. The summed E-state index contributed by atoms with van der Waals surface area (Å²) in [6, 6.07) is 29.1. The van der Waals surface area contributed by atoms with Gasteiger partial charge in [0.05, 0.1) is 5.69 Å². The van der Waals surface area contributed by atoms with Gasteiger partial charge in [0.2, 0.25) is 11.4 Å². The molecule has 0 aliphatic heterocycles. The van der Waals surface area contributed by atoms with Crippen molar-refractivity contribution in [3.8, 4) is 22.8 Å². The minimum absolute atomic E-state index is 0.364. The SMILES string of the molecule is c1ccc(N=c2oc3ccccc3cc2-c2nc(-c3ccccc3)no2)cc1. The highest BCUT2D eigenvalue weighted by atomic mass is 16.5. The van der Waals surface area contributed by atoms with Gasteiger partial charge in [0.1, 0.15) is 11.1 Å². The Morgan fingerprint density at radius 1 is 0.750 bits per heavy atom. The second-order valence-electron chi connectivity index (χ2n) is 6.24. The van der Waals surface area contributed by atoms with Crippen molar-refractivity contribution in [2.75, 3.05) is 0 Å². The molecule has 0 atom stereocenters. The lowest BCUT2D eigenvalue weighted by atomic mass is 10.2. The summed E-state index contributed by atoms with van der Waals surface area (Å²) in [5.41, 5.74) is 3.48. The first-order chi connectivity index (χ1) is 13.9. The van der Waals surface area contributed by atoms with Gasteiger partial charge in [-0.3, -0.25) is 0 Å². The Hall–Kier alpha value is -3.99. The van der Waals surface area contributed by atoms with Crippen molar-refractivity contribution >= 4 is 16.7 Å². The maximum absolute atomic E-state index is 6.07. The minimum Gasteiger partial charge on any atom is -0.438 e. The van der Waals surface area contributed by atoms with Gasteiger partial charge in [-0.2, -0.15) is 4.98 Å². The average molecular weight is 365 g/mol. The molecule has 0 aliphatic rings. The normalized spacial score (nSPS) is 11.8. The van der Waals surface area contributed by atoms with E-state index in [1.807, 2.05) is 91.0 Å². The molecule has 0 aliphatic carbocycles. The second kappa shape index (κ2) is 6.96. The number of para-hydroxylation sites is 2. The van der Waals surface area contributed by atoms with E-state index in [9.17, 15) is 0 Å². The summed E-state index contributed by atoms with van der Waals surface area (Å²) in [4.78, 5) is 9.22. The zero-order chi connectivity index (χ0) is 18.8. The Morgan fingerprint density at radius 3 is 2.29 bits per heavy atom. The fourth-order valence-corrected chi connectivity index (χ4v) is 2.96. The van der Waals surface area contributed by atoms with E-state index in [-0.39, 0.29) is 0 Å². The van der Waals surface area contributed by atoms with Crippen LogP contribution in [-0.4, -0.2) is 10.1 Å². The van der Waals surface area contributed by atoms with Crippen LogP contribution in [0.3, 0.4) is 0 Å². The molecule has 134 valence electrons. The van der Waals surface area contributed by atoms with Crippen molar-refractivity contribution in [1.29, 1.82) is 0 Å². The topological polar surface area (TPSA) is 64.4 Å². The zero-order valence-corrected chi connectivity index (χ0v) is 14.8. The van der Waals surface area contributed by atoms with E-state index in [2.05, 4.69) is 15.1 Å². The first-order valence-electron chi connectivity index (χ1n) is 8.89. The van der Waals surface area contributed by atoms with Crippen LogP contribution >= 0.6 is 0 Å². The third-order valence-corrected chi connectivity index (χ3v) is 4.33. The van der Waals surface area contributed by atoms with Gasteiger partial charge in [0, 0.05) is 10.9 Å². The van der Waals surface area contributed by atoms with E-state index in [0.717, 1.165) is 22.2 Å². The van der Waals surface area contributed by atoms with Crippen LogP contribution in [0.4, 0.5) is 5.69 Å². The van der Waals surface area contributed by atoms with Crippen LogP contribution < -0.4 is 5.55 Å². The fraction of sp³-hybridized carbons (Fsp3) is 0. The third-order valence-electron chi connectivity index (χ3n) is 4.33. The third kappa shape index (κ3) is 3.10. The molecule has 0 saturated heterocycles. The Morgan fingerprint density at radius 2 is 1.46 bits per heavy atom. The number of aromatic nitrogens is 2. The van der Waals surface area contributed by atoms with E-state index < -0.39 is 0 Å². The van der Waals surface area contributed by atoms with Gasteiger partial charge in [-0.05, 0) is 24.3 Å². The smallest absolute Gasteiger partial charge is 0.263 e. The standard InChI is InChI=1S/C23H15N3O2/c1-3-9-16(10-4-1)21-25-23(28-26-21)19-15-17-11-7-8-14-20(17)27-22(19)24-18-12-5-2-6-13-18/h1-15H. The van der Waals surface area contributed by atoms with Crippen molar-refractivity contribution in [2.45, 2.75) is 0 Å². The molecule has 0 unspecified atom stereocenters. The summed E-state index contributed by atoms with van der Waals surface area (Å²) in [5, 5.41) is 5.06. The fourth-order valence-electron chi connectivity index (χ4n) is 2.96. The summed E-state index contributed by atoms with van der Waals surface area (Å²) in [7, 11) is 0. The quantitative estimate of drug-likeness (QED) is 0.430. The summed E-state index contributed by atoms with van der Waals surface area (Å²) in [5.74, 6) is 0.887. The molecule has 0 fully saturated rings. The Balaban J connectivity index is 1.71. The summed E-state index contributed by atoms with van der Waals surface area (Å²) < 4.78 is 11.6. The first-order valence-corrected chi connectivity index (χ1v) is 8.89. The molecule has 0 N–H and O–H groups in total. The highest BCUT2D eigenvalue weighted by Crippen LogP contribution is 2.23. The molecule has 0 radical (unpaired) electrons. The number of rotatable bonds is 3. The largest absolute Gasteiger partial charge is 0.438 e. The second-order valence-corrected chi connectivity index (χ2v) is 6.24. The lowest BCUT2D eigenvalue weighted by molar-refractivity contribution is 0.428. The predicted molar refractivity (Wildman–Crippen MR) is 107 cm³/mol. The molecule has 28 heavy (non-hydrogen) atoms. The summed E-state index contributed by atoms with van der Waals surface area (Å²) >= 11 is 0. The molecule has 0 saturated carbocycles. The number of hydrogen-bond donors (Lipinski definition) is 0. The van der Waals surface area contributed by atoms with E-state index >= 15 is 0 Å². The number of fused-ring (bicyclic) bond motifs is 1. The van der Waals surface area contributed by atoms with Gasteiger partial charge in [0.25, 0.3) is 5.89 Å². The molecular formula is C23H15N3O2. The van der Waals surface area contributed by atoms with Crippen molar-refractivity contribution in [3.05, 3.63) is 96.5 Å². The molecule has 2 heterocycles. The Labute approximate surface area is 160 Å². The minimum atomic E-state index is 0.364. The highest BCUT2D eigenvalue weighted by molar-refractivity contribution is 5.80. The van der Waals surface area contributed by atoms with Crippen molar-refractivity contribution in [3.63, 3.8) is 0 Å². The van der Waals surface area contributed by atoms with Gasteiger partial charge >= 0.3 is 0 Å². The molecule has 5 aromatic rings. The van der Waals surface area contributed by atoms with E-state index in [1.54, 1.807) is 0 Å².